The first kappa shape index (κ1) is 64.6. The number of ether oxygens (including phenoxy) is 2. The number of carbonyl (C=O) groups is 2. The first-order valence-corrected chi connectivity index (χ1v) is 28.4. The third kappa shape index (κ3) is 55.2. The van der Waals surface area contributed by atoms with Crippen molar-refractivity contribution >= 4 is 11.9 Å². The molecule has 1 atom stereocenters. The predicted molar refractivity (Wildman–Crippen MR) is 297 cm³/mol. The molecule has 0 aromatic heterocycles. The van der Waals surface area contributed by atoms with Crippen molar-refractivity contribution in [2.24, 2.45) is 0 Å². The second-order valence-corrected chi connectivity index (χ2v) is 18.6. The summed E-state index contributed by atoms with van der Waals surface area (Å²) in [6, 6.07) is 0. The Bertz CT molecular complexity index is 1340. The second kappa shape index (κ2) is 57.9. The van der Waals surface area contributed by atoms with Crippen molar-refractivity contribution in [2.45, 2.75) is 264 Å². The molecule has 0 spiro atoms. The summed E-state index contributed by atoms with van der Waals surface area (Å²) in [6.45, 7) is 3.87. The van der Waals surface area contributed by atoms with Crippen LogP contribution >= 0.6 is 0 Å². The molecule has 0 saturated carbocycles. The second-order valence-electron chi connectivity index (χ2n) is 18.6. The SMILES string of the molecule is CC/C=C\C/C=C\C/C=C\C/C=C\C/C=C\CCCC(=O)OC(CO)COC(=O)CCCCCCCCCCCCCCCCCCCCCCCCCC/C=C\C/C=C\C/C=C\C/C=C\CC. The molecule has 68 heavy (non-hydrogen) atoms. The van der Waals surface area contributed by atoms with Crippen molar-refractivity contribution in [3.05, 3.63) is 109 Å². The Morgan fingerprint density at radius 1 is 0.338 bits per heavy atom. The van der Waals surface area contributed by atoms with Gasteiger partial charge in [0.15, 0.2) is 6.10 Å². The summed E-state index contributed by atoms with van der Waals surface area (Å²) >= 11 is 0. The first-order chi connectivity index (χ1) is 33.6. The lowest BCUT2D eigenvalue weighted by atomic mass is 10.0. The zero-order valence-electron chi connectivity index (χ0n) is 44.3. The van der Waals surface area contributed by atoms with Gasteiger partial charge in [-0.3, -0.25) is 9.59 Å². The Labute approximate surface area is 421 Å². The van der Waals surface area contributed by atoms with Gasteiger partial charge in [0.1, 0.15) is 6.61 Å². The maximum atomic E-state index is 12.2. The van der Waals surface area contributed by atoms with Gasteiger partial charge in [0.25, 0.3) is 0 Å². The number of allylic oxidation sites excluding steroid dienone is 18. The van der Waals surface area contributed by atoms with Crippen LogP contribution in [-0.4, -0.2) is 36.4 Å². The van der Waals surface area contributed by atoms with E-state index in [2.05, 4.69) is 123 Å². The summed E-state index contributed by atoms with van der Waals surface area (Å²) < 4.78 is 10.6. The number of hydrogen-bond donors (Lipinski definition) is 1. The van der Waals surface area contributed by atoms with E-state index in [-0.39, 0.29) is 31.6 Å². The van der Waals surface area contributed by atoms with Gasteiger partial charge in [0.2, 0.25) is 0 Å². The van der Waals surface area contributed by atoms with Crippen LogP contribution in [0.5, 0.6) is 0 Å². The number of hydrogen-bond acceptors (Lipinski definition) is 5. The molecule has 1 N–H and O–H groups in total. The third-order valence-electron chi connectivity index (χ3n) is 12.1. The lowest BCUT2D eigenvalue weighted by Crippen LogP contribution is -2.28. The van der Waals surface area contributed by atoms with Crippen LogP contribution in [0, 0.1) is 0 Å². The number of esters is 2. The number of carbonyl (C=O) groups excluding carboxylic acids is 2. The minimum absolute atomic E-state index is 0.0911. The molecule has 0 saturated heterocycles. The highest BCUT2D eigenvalue weighted by molar-refractivity contribution is 5.70. The summed E-state index contributed by atoms with van der Waals surface area (Å²) in [7, 11) is 0. The lowest BCUT2D eigenvalue weighted by Gasteiger charge is -2.15. The van der Waals surface area contributed by atoms with Gasteiger partial charge in [0.05, 0.1) is 6.61 Å². The van der Waals surface area contributed by atoms with Gasteiger partial charge in [-0.25, -0.2) is 0 Å². The Balaban J connectivity index is 3.46. The quantitative estimate of drug-likeness (QED) is 0.0374. The molecule has 0 amide bonds. The summed E-state index contributed by atoms with van der Waals surface area (Å²) in [4.78, 5) is 24.4. The molecular weight excluding hydrogens is 837 g/mol. The minimum atomic E-state index is -0.806. The molecule has 0 aromatic carbocycles. The van der Waals surface area contributed by atoms with Crippen LogP contribution in [0.3, 0.4) is 0 Å². The number of rotatable bonds is 51. The number of aliphatic hydroxyl groups excluding tert-OH is 1. The molecule has 388 valence electrons. The van der Waals surface area contributed by atoms with E-state index in [9.17, 15) is 14.7 Å². The summed E-state index contributed by atoms with van der Waals surface area (Å²) in [5.41, 5.74) is 0. The Morgan fingerprint density at radius 3 is 0.926 bits per heavy atom. The average Bonchev–Trinajstić information content (AvgIpc) is 3.34. The van der Waals surface area contributed by atoms with Crippen molar-refractivity contribution in [2.75, 3.05) is 13.2 Å². The van der Waals surface area contributed by atoms with E-state index in [0.29, 0.717) is 12.8 Å². The average molecular weight is 944 g/mol. The van der Waals surface area contributed by atoms with Crippen molar-refractivity contribution in [3.63, 3.8) is 0 Å². The predicted octanol–water partition coefficient (Wildman–Crippen LogP) is 19.3. The highest BCUT2D eigenvalue weighted by Gasteiger charge is 2.16. The summed E-state index contributed by atoms with van der Waals surface area (Å²) in [6.07, 6.45) is 83.7. The van der Waals surface area contributed by atoms with Crippen LogP contribution in [0.15, 0.2) is 109 Å². The summed E-state index contributed by atoms with van der Waals surface area (Å²) in [5.74, 6) is -0.656. The van der Waals surface area contributed by atoms with Crippen LogP contribution in [-0.2, 0) is 19.1 Å². The molecule has 0 aliphatic heterocycles. The van der Waals surface area contributed by atoms with E-state index < -0.39 is 6.10 Å². The summed E-state index contributed by atoms with van der Waals surface area (Å²) in [5, 5.41) is 9.62. The third-order valence-corrected chi connectivity index (χ3v) is 12.1. The smallest absolute Gasteiger partial charge is 0.306 e. The van der Waals surface area contributed by atoms with E-state index in [0.717, 1.165) is 83.5 Å². The molecular formula is C63H106O5. The molecule has 0 aliphatic carbocycles. The molecule has 0 rings (SSSR count). The molecule has 0 aromatic rings. The normalized spacial score (nSPS) is 13.0. The molecule has 0 bridgehead atoms. The topological polar surface area (TPSA) is 72.8 Å². The fourth-order valence-electron chi connectivity index (χ4n) is 7.88. The van der Waals surface area contributed by atoms with Crippen LogP contribution < -0.4 is 0 Å². The largest absolute Gasteiger partial charge is 0.462 e. The van der Waals surface area contributed by atoms with E-state index in [4.69, 9.17) is 9.47 Å². The fourth-order valence-corrected chi connectivity index (χ4v) is 7.88. The molecule has 0 heterocycles. The highest BCUT2D eigenvalue weighted by Crippen LogP contribution is 2.16. The first-order valence-electron chi connectivity index (χ1n) is 28.4. The maximum Gasteiger partial charge on any atom is 0.306 e. The van der Waals surface area contributed by atoms with Crippen LogP contribution in [0.2, 0.25) is 0 Å². The van der Waals surface area contributed by atoms with Crippen molar-refractivity contribution in [3.8, 4) is 0 Å². The molecule has 1 unspecified atom stereocenters. The molecule has 0 radical (unpaired) electrons. The Hall–Kier alpha value is -3.44. The van der Waals surface area contributed by atoms with E-state index >= 15 is 0 Å². The number of unbranched alkanes of at least 4 members (excludes halogenated alkanes) is 25. The molecule has 5 heteroatoms. The molecule has 5 nitrogen and oxygen atoms in total. The zero-order chi connectivity index (χ0) is 49.2. The van der Waals surface area contributed by atoms with Gasteiger partial charge in [-0.1, -0.05) is 264 Å². The van der Waals surface area contributed by atoms with Crippen molar-refractivity contribution in [1.82, 2.24) is 0 Å². The lowest BCUT2D eigenvalue weighted by molar-refractivity contribution is -0.161. The zero-order valence-corrected chi connectivity index (χ0v) is 44.3. The van der Waals surface area contributed by atoms with Crippen molar-refractivity contribution < 1.29 is 24.2 Å². The molecule has 0 fully saturated rings. The number of aliphatic hydroxyl groups is 1. The maximum absolute atomic E-state index is 12.2. The van der Waals surface area contributed by atoms with Crippen LogP contribution in [0.1, 0.15) is 258 Å². The minimum Gasteiger partial charge on any atom is -0.462 e. The van der Waals surface area contributed by atoms with Crippen LogP contribution in [0.25, 0.3) is 0 Å². The van der Waals surface area contributed by atoms with Crippen LogP contribution in [0.4, 0.5) is 0 Å². The van der Waals surface area contributed by atoms with Gasteiger partial charge < -0.3 is 14.6 Å². The van der Waals surface area contributed by atoms with E-state index in [1.807, 2.05) is 0 Å². The van der Waals surface area contributed by atoms with Gasteiger partial charge in [-0.15, -0.1) is 0 Å². The molecule has 0 aliphatic rings. The fraction of sp³-hybridized carbons (Fsp3) is 0.683. The van der Waals surface area contributed by atoms with Gasteiger partial charge in [-0.2, -0.15) is 0 Å². The van der Waals surface area contributed by atoms with Gasteiger partial charge >= 0.3 is 11.9 Å². The monoisotopic (exact) mass is 943 g/mol. The van der Waals surface area contributed by atoms with Gasteiger partial charge in [-0.05, 0) is 89.9 Å². The van der Waals surface area contributed by atoms with Crippen molar-refractivity contribution in [1.29, 1.82) is 0 Å². The van der Waals surface area contributed by atoms with E-state index in [1.54, 1.807) is 0 Å². The highest BCUT2D eigenvalue weighted by atomic mass is 16.6. The van der Waals surface area contributed by atoms with E-state index in [1.165, 1.54) is 141 Å². The Kier molecular flexibility index (Phi) is 54.9. The Morgan fingerprint density at radius 2 is 0.603 bits per heavy atom. The standard InChI is InChI=1S/C63H106O5/c1-3-5-7-9-11-13-15-17-19-21-22-23-24-25-26-27-28-29-30-31-32-33-34-35-36-37-38-39-40-42-43-45-47-49-51-53-55-57-62(65)67-60-61(59-64)68-63(66)58-56-54-52-50-48-46-44-41-20-18-16-14-12-10-8-6-4-2/h5-8,11-14,17-20,22-23,44,46,50,52,61,64H,3-4,9-10,15-16,21,24-43,45,47-49,51,53-60H2,1-2H3/b7-5-,8-6-,13-11-,14-12-,19-17-,20-18-,23-22-,46-44-,52-50-. The van der Waals surface area contributed by atoms with Gasteiger partial charge in [0, 0.05) is 12.8 Å².